The van der Waals surface area contributed by atoms with E-state index >= 15 is 0 Å². The van der Waals surface area contributed by atoms with Crippen LogP contribution in [0.1, 0.15) is 61.8 Å². The molecule has 1 saturated heterocycles. The molecule has 3 saturated carbocycles. The summed E-state index contributed by atoms with van der Waals surface area (Å²) in [7, 11) is -2.28. The Morgan fingerprint density at radius 2 is 1.79 bits per heavy atom. The van der Waals surface area contributed by atoms with E-state index in [2.05, 4.69) is 54.6 Å². The van der Waals surface area contributed by atoms with Gasteiger partial charge >= 0.3 is 6.16 Å². The van der Waals surface area contributed by atoms with E-state index in [1.54, 1.807) is 0 Å². The predicted molar refractivity (Wildman–Crippen MR) is 131 cm³/mol. The Bertz CT molecular complexity index is 978. The molecule has 1 heterocycles. The first-order valence-electron chi connectivity index (χ1n) is 12.9. The molecule has 0 aromatic rings. The van der Waals surface area contributed by atoms with Crippen LogP contribution in [0.3, 0.4) is 0 Å². The third-order valence-electron chi connectivity index (χ3n) is 11.0. The Morgan fingerprint density at radius 1 is 1.18 bits per heavy atom. The van der Waals surface area contributed by atoms with Gasteiger partial charge in [-0.2, -0.15) is 0 Å². The zero-order valence-corrected chi connectivity index (χ0v) is 23.4. The number of hydrogen-bond donors (Lipinski definition) is 1. The number of Topliss-reactive ketones (excluding diaryl/α,β-unsaturated/α-hetero) is 1. The van der Waals surface area contributed by atoms with Crippen LogP contribution in [-0.4, -0.2) is 49.3 Å². The van der Waals surface area contributed by atoms with Gasteiger partial charge in [-0.15, -0.1) is 0 Å². The Balaban J connectivity index is 1.76. The van der Waals surface area contributed by atoms with Crippen molar-refractivity contribution >= 4 is 20.3 Å². The van der Waals surface area contributed by atoms with Gasteiger partial charge in [-0.25, -0.2) is 4.79 Å². The van der Waals surface area contributed by atoms with E-state index in [1.165, 1.54) is 0 Å². The summed E-state index contributed by atoms with van der Waals surface area (Å²) in [5.41, 5.74) is -1.81. The third kappa shape index (κ3) is 2.64. The molecule has 0 aromatic heterocycles. The first kappa shape index (κ1) is 24.5. The van der Waals surface area contributed by atoms with Crippen molar-refractivity contribution in [1.29, 1.82) is 0 Å². The Hall–Kier alpha value is -1.18. The minimum absolute atomic E-state index is 0.0390. The van der Waals surface area contributed by atoms with Gasteiger partial charge in [0.1, 0.15) is 6.10 Å². The highest BCUT2D eigenvalue weighted by atomic mass is 28.4. The van der Waals surface area contributed by atoms with Crippen LogP contribution >= 0.6 is 0 Å². The van der Waals surface area contributed by atoms with E-state index in [4.69, 9.17) is 13.9 Å². The van der Waals surface area contributed by atoms with Crippen LogP contribution in [-0.2, 0) is 18.7 Å². The fraction of sp³-hybridized carbons (Fsp3) is 0.852. The monoisotopic (exact) mass is 490 g/mol. The Labute approximate surface area is 204 Å². The number of aliphatic hydroxyl groups excluding tert-OH is 1. The van der Waals surface area contributed by atoms with Gasteiger partial charge in [0.2, 0.25) is 0 Å². The molecule has 2 bridgehead atoms. The summed E-state index contributed by atoms with van der Waals surface area (Å²) in [5, 5.41) is 11.5. The number of rotatable bonds is 2. The van der Waals surface area contributed by atoms with Gasteiger partial charge in [0.05, 0.1) is 11.5 Å². The van der Waals surface area contributed by atoms with Crippen molar-refractivity contribution in [2.24, 2.45) is 40.4 Å². The van der Waals surface area contributed by atoms with Gasteiger partial charge in [0, 0.05) is 11.8 Å². The fourth-order valence-corrected chi connectivity index (χ4v) is 9.49. The third-order valence-corrected chi connectivity index (χ3v) is 15.5. The Morgan fingerprint density at radius 3 is 2.38 bits per heavy atom. The van der Waals surface area contributed by atoms with Gasteiger partial charge in [0.15, 0.2) is 25.8 Å². The minimum Gasteiger partial charge on any atom is -0.426 e. The Kier molecular flexibility index (Phi) is 4.88. The second kappa shape index (κ2) is 6.77. The molecule has 0 radical (unpaired) electrons. The van der Waals surface area contributed by atoms with Gasteiger partial charge in [-0.3, -0.25) is 4.79 Å². The quantitative estimate of drug-likeness (QED) is 0.329. The van der Waals surface area contributed by atoms with Crippen molar-refractivity contribution in [1.82, 2.24) is 0 Å². The maximum absolute atomic E-state index is 14.9. The average molecular weight is 491 g/mol. The lowest BCUT2D eigenvalue weighted by Crippen LogP contribution is -2.64. The van der Waals surface area contributed by atoms with Crippen molar-refractivity contribution in [2.45, 2.75) is 104 Å². The lowest BCUT2D eigenvalue weighted by atomic mass is 9.59. The second-order valence-electron chi connectivity index (χ2n) is 14.0. The van der Waals surface area contributed by atoms with Crippen LogP contribution in [0.4, 0.5) is 4.79 Å². The number of hydrogen-bond acceptors (Lipinski definition) is 6. The zero-order valence-electron chi connectivity index (χ0n) is 22.4. The highest BCUT2D eigenvalue weighted by Crippen LogP contribution is 2.74. The molecule has 190 valence electrons. The first-order chi connectivity index (χ1) is 15.4. The number of aliphatic hydroxyl groups is 1. The summed E-state index contributed by atoms with van der Waals surface area (Å²) in [6, 6.07) is 0. The molecule has 0 amide bonds. The smallest absolute Gasteiger partial charge is 0.426 e. The summed E-state index contributed by atoms with van der Waals surface area (Å²) in [5.74, 6) is -0.0443. The van der Waals surface area contributed by atoms with Crippen molar-refractivity contribution in [3.8, 4) is 0 Å². The molecule has 5 aliphatic rings. The molecule has 7 heteroatoms. The molecule has 0 aromatic carbocycles. The first-order valence-corrected chi connectivity index (χ1v) is 15.8. The van der Waals surface area contributed by atoms with Gasteiger partial charge in [0.25, 0.3) is 0 Å². The standard InChI is InChI=1S/C27H42O6Si/c1-13-12-26-14(2)11-16-18(25(16,7)8)17(21(26)29)19(33-34(9,10)24(4,5)6)15(3)22-27(26,20(13)28)32-23(30)31-22/h12,14-20,22,28H,11H2,1-10H3/t14-,15+,16?,17?,18?,19-,20+,22?,26?,27-/m1/s1. The van der Waals surface area contributed by atoms with E-state index in [1.807, 2.05) is 19.9 Å². The van der Waals surface area contributed by atoms with Crippen LogP contribution < -0.4 is 0 Å². The molecule has 1 N–H and O–H groups in total. The summed E-state index contributed by atoms with van der Waals surface area (Å²) < 4.78 is 19.0. The molecule has 5 unspecified atom stereocenters. The maximum atomic E-state index is 14.9. The van der Waals surface area contributed by atoms with Gasteiger partial charge in [-0.1, -0.05) is 54.5 Å². The molecular weight excluding hydrogens is 448 g/mol. The fourth-order valence-electron chi connectivity index (χ4n) is 8.10. The summed E-state index contributed by atoms with van der Waals surface area (Å²) in [6.45, 7) is 21.5. The molecule has 1 aliphatic heterocycles. The van der Waals surface area contributed by atoms with Crippen molar-refractivity contribution < 1.29 is 28.6 Å². The minimum atomic E-state index is -2.28. The van der Waals surface area contributed by atoms with Crippen LogP contribution in [0.25, 0.3) is 0 Å². The van der Waals surface area contributed by atoms with Crippen molar-refractivity contribution in [3.05, 3.63) is 11.6 Å². The van der Waals surface area contributed by atoms with Crippen LogP contribution in [0.2, 0.25) is 18.1 Å². The lowest BCUT2D eigenvalue weighted by Gasteiger charge is -2.46. The summed E-state index contributed by atoms with van der Waals surface area (Å²) in [6.07, 6.45) is -0.235. The van der Waals surface area contributed by atoms with Crippen LogP contribution in [0, 0.1) is 40.4 Å². The summed E-state index contributed by atoms with van der Waals surface area (Å²) >= 11 is 0. The average Bonchev–Trinajstić information content (AvgIpc) is 3.00. The highest BCUT2D eigenvalue weighted by Gasteiger charge is 2.82. The normalized spacial score (nSPS) is 49.1. The predicted octanol–water partition coefficient (Wildman–Crippen LogP) is 5.11. The number of carbonyl (C=O) groups excluding carboxylic acids is 2. The SMILES string of the molecule is CC1=CC23C(=O)C(C4C(C[C@H]2C)C4(C)C)[C@H](O[Si](C)(C)C(C)(C)C)[C@H](C)C2OC(=O)O[C@]23[C@H]1O. The molecule has 2 spiro atoms. The van der Waals surface area contributed by atoms with E-state index in [9.17, 15) is 14.7 Å². The van der Waals surface area contributed by atoms with E-state index in [0.717, 1.165) is 6.42 Å². The number of carbonyl (C=O) groups is 2. The molecule has 4 fully saturated rings. The van der Waals surface area contributed by atoms with E-state index < -0.39 is 43.8 Å². The maximum Gasteiger partial charge on any atom is 0.509 e. The largest absolute Gasteiger partial charge is 0.509 e. The summed E-state index contributed by atoms with van der Waals surface area (Å²) in [4.78, 5) is 27.7. The van der Waals surface area contributed by atoms with E-state index in [-0.39, 0.29) is 39.9 Å². The molecule has 4 aliphatic carbocycles. The van der Waals surface area contributed by atoms with E-state index in [0.29, 0.717) is 11.5 Å². The van der Waals surface area contributed by atoms with Crippen LogP contribution in [0.15, 0.2) is 11.6 Å². The molecule has 10 atom stereocenters. The highest BCUT2D eigenvalue weighted by molar-refractivity contribution is 6.74. The number of fused-ring (bicyclic) bond motifs is 3. The van der Waals surface area contributed by atoms with Gasteiger partial charge in [-0.05, 0) is 60.2 Å². The molecular formula is C27H42O6Si. The van der Waals surface area contributed by atoms with Crippen LogP contribution in [0.5, 0.6) is 0 Å². The molecule has 34 heavy (non-hydrogen) atoms. The lowest BCUT2D eigenvalue weighted by molar-refractivity contribution is -0.163. The van der Waals surface area contributed by atoms with Crippen molar-refractivity contribution in [2.75, 3.05) is 0 Å². The van der Waals surface area contributed by atoms with Gasteiger partial charge < -0.3 is 19.0 Å². The molecule has 6 nitrogen and oxygen atoms in total. The molecule has 5 rings (SSSR count). The second-order valence-corrected chi connectivity index (χ2v) is 18.8. The topological polar surface area (TPSA) is 82.1 Å². The number of ketones is 1. The zero-order chi connectivity index (χ0) is 25.4. The van der Waals surface area contributed by atoms with Crippen molar-refractivity contribution in [3.63, 3.8) is 0 Å². The number of ether oxygens (including phenoxy) is 2.